The van der Waals surface area contributed by atoms with Crippen molar-refractivity contribution in [1.82, 2.24) is 9.97 Å². The third kappa shape index (κ3) is 1.40. The summed E-state index contributed by atoms with van der Waals surface area (Å²) in [5.74, 6) is 0. The minimum absolute atomic E-state index is 0.132. The monoisotopic (exact) mass is 208 g/mol. The molecule has 0 radical (unpaired) electrons. The Kier molecular flexibility index (Phi) is 2.04. The predicted molar refractivity (Wildman–Crippen MR) is 56.8 cm³/mol. The van der Waals surface area contributed by atoms with Gasteiger partial charge in [-0.25, -0.2) is 4.98 Å². The van der Waals surface area contributed by atoms with E-state index in [-0.39, 0.29) is 10.8 Å². The zero-order chi connectivity index (χ0) is 10.3. The summed E-state index contributed by atoms with van der Waals surface area (Å²) >= 11 is 5.66. The van der Waals surface area contributed by atoms with Crippen LogP contribution in [0, 0.1) is 13.8 Å². The predicted octanol–water partition coefficient (Wildman–Crippen LogP) is 2.19. The van der Waals surface area contributed by atoms with E-state index < -0.39 is 0 Å². The van der Waals surface area contributed by atoms with Crippen LogP contribution in [0.5, 0.6) is 0 Å². The molecule has 0 unspecified atom stereocenters. The Morgan fingerprint density at radius 3 is 2.79 bits per heavy atom. The van der Waals surface area contributed by atoms with Crippen LogP contribution in [0.4, 0.5) is 0 Å². The average molecular weight is 209 g/mol. The Hall–Kier alpha value is -1.35. The summed E-state index contributed by atoms with van der Waals surface area (Å²) in [6.07, 6.45) is 0. The third-order valence-electron chi connectivity index (χ3n) is 2.12. The molecule has 0 saturated carbocycles. The number of nitrogens with one attached hydrogen (secondary N) is 1. The Morgan fingerprint density at radius 1 is 1.36 bits per heavy atom. The molecule has 0 spiro atoms. The van der Waals surface area contributed by atoms with Gasteiger partial charge in [0.2, 0.25) is 5.28 Å². The van der Waals surface area contributed by atoms with Crippen molar-refractivity contribution in [1.29, 1.82) is 0 Å². The lowest BCUT2D eigenvalue weighted by molar-refractivity contribution is 1.16. The first-order chi connectivity index (χ1) is 6.58. The van der Waals surface area contributed by atoms with Gasteiger partial charge in [0.15, 0.2) is 0 Å². The number of rotatable bonds is 0. The van der Waals surface area contributed by atoms with E-state index in [1.165, 1.54) is 0 Å². The van der Waals surface area contributed by atoms with E-state index in [0.717, 1.165) is 11.1 Å². The van der Waals surface area contributed by atoms with Gasteiger partial charge in [0.1, 0.15) is 0 Å². The van der Waals surface area contributed by atoms with E-state index in [9.17, 15) is 4.79 Å². The molecule has 2 rings (SSSR count). The van der Waals surface area contributed by atoms with Crippen molar-refractivity contribution in [2.24, 2.45) is 0 Å². The fraction of sp³-hybridized carbons (Fsp3) is 0.200. The molecule has 3 nitrogen and oxygen atoms in total. The number of nitrogens with zero attached hydrogens (tertiary/aromatic N) is 1. The van der Waals surface area contributed by atoms with Gasteiger partial charge < -0.3 is 0 Å². The van der Waals surface area contributed by atoms with Crippen LogP contribution >= 0.6 is 11.6 Å². The number of hydrogen-bond donors (Lipinski definition) is 1. The van der Waals surface area contributed by atoms with Crippen molar-refractivity contribution in [3.63, 3.8) is 0 Å². The lowest BCUT2D eigenvalue weighted by Gasteiger charge is -2.02. The molecule has 0 aliphatic rings. The number of hydrogen-bond acceptors (Lipinski definition) is 2. The summed E-state index contributed by atoms with van der Waals surface area (Å²) in [6.45, 7) is 3.85. The number of aryl methyl sites for hydroxylation is 2. The fourth-order valence-corrected chi connectivity index (χ4v) is 1.80. The van der Waals surface area contributed by atoms with Gasteiger partial charge in [0.05, 0.1) is 10.9 Å². The topological polar surface area (TPSA) is 45.8 Å². The fourth-order valence-electron chi connectivity index (χ4n) is 1.62. The van der Waals surface area contributed by atoms with E-state index in [1.807, 2.05) is 26.0 Å². The highest BCUT2D eigenvalue weighted by molar-refractivity contribution is 6.28. The second-order valence-corrected chi connectivity index (χ2v) is 3.69. The zero-order valence-electron chi connectivity index (χ0n) is 7.89. The maximum Gasteiger partial charge on any atom is 0.259 e. The number of aromatic amines is 1. The van der Waals surface area contributed by atoms with Crippen LogP contribution in [-0.2, 0) is 0 Å². The first kappa shape index (κ1) is 9.21. The van der Waals surface area contributed by atoms with Crippen molar-refractivity contribution >= 4 is 22.5 Å². The van der Waals surface area contributed by atoms with Crippen LogP contribution in [0.1, 0.15) is 11.1 Å². The van der Waals surface area contributed by atoms with Crippen molar-refractivity contribution in [3.8, 4) is 0 Å². The van der Waals surface area contributed by atoms with Crippen LogP contribution in [0.2, 0.25) is 5.28 Å². The van der Waals surface area contributed by atoms with Crippen LogP contribution in [0.25, 0.3) is 10.9 Å². The molecule has 0 aliphatic heterocycles. The van der Waals surface area contributed by atoms with Gasteiger partial charge >= 0.3 is 0 Å². The normalized spacial score (nSPS) is 10.8. The first-order valence-corrected chi connectivity index (χ1v) is 4.62. The minimum Gasteiger partial charge on any atom is -0.297 e. The molecule has 4 heteroatoms. The van der Waals surface area contributed by atoms with E-state index >= 15 is 0 Å². The summed E-state index contributed by atoms with van der Waals surface area (Å²) < 4.78 is 0. The van der Waals surface area contributed by atoms with Gasteiger partial charge in [-0.3, -0.25) is 9.78 Å². The third-order valence-corrected chi connectivity index (χ3v) is 2.30. The molecule has 0 fully saturated rings. The van der Waals surface area contributed by atoms with Crippen LogP contribution in [0.3, 0.4) is 0 Å². The molecule has 72 valence electrons. The second-order valence-electron chi connectivity index (χ2n) is 3.33. The van der Waals surface area contributed by atoms with Crippen molar-refractivity contribution in [2.75, 3.05) is 0 Å². The molecule has 0 saturated heterocycles. The van der Waals surface area contributed by atoms with Crippen LogP contribution in [0.15, 0.2) is 16.9 Å². The Bertz CT molecular complexity index is 555. The summed E-state index contributed by atoms with van der Waals surface area (Å²) in [5, 5.41) is 0.743. The van der Waals surface area contributed by atoms with Gasteiger partial charge in [-0.1, -0.05) is 6.07 Å². The lowest BCUT2D eigenvalue weighted by Crippen LogP contribution is -2.09. The van der Waals surface area contributed by atoms with E-state index in [2.05, 4.69) is 9.97 Å². The Labute approximate surface area is 85.7 Å². The molecule has 0 amide bonds. The highest BCUT2D eigenvalue weighted by Crippen LogP contribution is 2.15. The quantitative estimate of drug-likeness (QED) is 0.675. The van der Waals surface area contributed by atoms with E-state index in [0.29, 0.717) is 10.9 Å². The van der Waals surface area contributed by atoms with Crippen LogP contribution in [-0.4, -0.2) is 9.97 Å². The van der Waals surface area contributed by atoms with Gasteiger partial charge in [-0.05, 0) is 42.6 Å². The second kappa shape index (κ2) is 3.10. The summed E-state index contributed by atoms with van der Waals surface area (Å²) in [5.41, 5.74) is 2.46. The molecule has 0 atom stereocenters. The minimum atomic E-state index is -0.183. The molecule has 1 N–H and O–H groups in total. The zero-order valence-corrected chi connectivity index (χ0v) is 8.64. The number of fused-ring (bicyclic) bond motifs is 1. The Balaban J connectivity index is 3.02. The van der Waals surface area contributed by atoms with Gasteiger partial charge in [0, 0.05) is 0 Å². The van der Waals surface area contributed by atoms with Gasteiger partial charge in [-0.2, -0.15) is 0 Å². The molecule has 0 bridgehead atoms. The standard InChI is InChI=1S/C10H9ClN2O/c1-5-3-6(2)8-7(4-5)12-10(11)13-9(8)14/h3-4H,1-2H3,(H,12,13,14). The molecule has 2 aromatic rings. The van der Waals surface area contributed by atoms with E-state index in [4.69, 9.17) is 11.6 Å². The molecule has 1 aromatic heterocycles. The summed E-state index contributed by atoms with van der Waals surface area (Å²) in [4.78, 5) is 18.1. The highest BCUT2D eigenvalue weighted by Gasteiger charge is 2.05. The van der Waals surface area contributed by atoms with Gasteiger partial charge in [-0.15, -0.1) is 0 Å². The maximum atomic E-state index is 11.6. The first-order valence-electron chi connectivity index (χ1n) is 4.25. The van der Waals surface area contributed by atoms with Crippen molar-refractivity contribution in [2.45, 2.75) is 13.8 Å². The van der Waals surface area contributed by atoms with Gasteiger partial charge in [0.25, 0.3) is 5.56 Å². The average Bonchev–Trinajstić information content (AvgIpc) is 1.99. The summed E-state index contributed by atoms with van der Waals surface area (Å²) in [7, 11) is 0. The largest absolute Gasteiger partial charge is 0.297 e. The molecular formula is C10H9ClN2O. The molecule has 1 heterocycles. The lowest BCUT2D eigenvalue weighted by atomic mass is 10.1. The van der Waals surface area contributed by atoms with Crippen LogP contribution < -0.4 is 5.56 Å². The summed E-state index contributed by atoms with van der Waals surface area (Å²) in [6, 6.07) is 3.80. The molecular weight excluding hydrogens is 200 g/mol. The maximum absolute atomic E-state index is 11.6. The van der Waals surface area contributed by atoms with Crippen molar-refractivity contribution in [3.05, 3.63) is 38.9 Å². The van der Waals surface area contributed by atoms with E-state index in [1.54, 1.807) is 0 Å². The molecule has 1 aromatic carbocycles. The number of halogens is 1. The van der Waals surface area contributed by atoms with Crippen molar-refractivity contribution < 1.29 is 0 Å². The highest BCUT2D eigenvalue weighted by atomic mass is 35.5. The Morgan fingerprint density at radius 2 is 2.07 bits per heavy atom. The smallest absolute Gasteiger partial charge is 0.259 e. The number of H-pyrrole nitrogens is 1. The number of benzene rings is 1. The SMILES string of the molecule is Cc1cc(C)c2c(=O)[nH]c(Cl)nc2c1. The molecule has 14 heavy (non-hydrogen) atoms. The number of aromatic nitrogens is 2. The molecule has 0 aliphatic carbocycles.